The fraction of sp³-hybridized carbons (Fsp3) is 0.733. The first-order valence-electron chi connectivity index (χ1n) is 7.69. The second-order valence-electron chi connectivity index (χ2n) is 5.83. The van der Waals surface area contributed by atoms with Gasteiger partial charge in [0.05, 0.1) is 7.11 Å². The van der Waals surface area contributed by atoms with E-state index in [9.17, 15) is 0 Å². The second kappa shape index (κ2) is 6.39. The van der Waals surface area contributed by atoms with Gasteiger partial charge in [0.1, 0.15) is 0 Å². The highest BCUT2D eigenvalue weighted by Crippen LogP contribution is 2.28. The molecule has 1 aromatic heterocycles. The number of likely N-dealkylation sites (tertiary alicyclic amines) is 1. The van der Waals surface area contributed by atoms with Gasteiger partial charge in [-0.25, -0.2) is 9.97 Å². The van der Waals surface area contributed by atoms with Crippen LogP contribution in [0, 0.1) is 5.92 Å². The summed E-state index contributed by atoms with van der Waals surface area (Å²) in [7, 11) is 1.66. The Balaban J connectivity index is 1.55. The maximum Gasteiger partial charge on any atom is 0.257 e. The Labute approximate surface area is 121 Å². The van der Waals surface area contributed by atoms with Crippen LogP contribution in [0.5, 0.6) is 5.88 Å². The lowest BCUT2D eigenvalue weighted by atomic mass is 9.96. The molecule has 5 heteroatoms. The van der Waals surface area contributed by atoms with Crippen LogP contribution in [0.25, 0.3) is 0 Å². The number of hydrogen-bond acceptors (Lipinski definition) is 5. The molecule has 2 saturated heterocycles. The molecule has 0 unspecified atom stereocenters. The molecular weight excluding hydrogens is 252 g/mol. The molecule has 110 valence electrons. The Hall–Kier alpha value is -1.36. The Morgan fingerprint density at radius 3 is 2.50 bits per heavy atom. The van der Waals surface area contributed by atoms with Gasteiger partial charge in [-0.15, -0.1) is 0 Å². The van der Waals surface area contributed by atoms with Crippen molar-refractivity contribution in [2.75, 3.05) is 44.7 Å². The van der Waals surface area contributed by atoms with Crippen molar-refractivity contribution >= 4 is 5.82 Å². The third-order valence-electron chi connectivity index (χ3n) is 4.47. The highest BCUT2D eigenvalue weighted by atomic mass is 16.5. The fourth-order valence-corrected chi connectivity index (χ4v) is 3.34. The Bertz CT molecular complexity index is 426. The number of ether oxygens (including phenoxy) is 1. The van der Waals surface area contributed by atoms with Gasteiger partial charge in [-0.3, -0.25) is 0 Å². The van der Waals surface area contributed by atoms with Gasteiger partial charge >= 0.3 is 0 Å². The van der Waals surface area contributed by atoms with Crippen LogP contribution in [0.3, 0.4) is 0 Å². The standard InChI is InChI=1S/C15H24N4O/c1-20-15-14(16-6-7-17-15)19-10-4-13(5-11-19)12-18-8-2-3-9-18/h6-7,13H,2-5,8-12H2,1H3. The molecule has 0 aromatic carbocycles. The maximum atomic E-state index is 5.31. The average Bonchev–Trinajstić information content (AvgIpc) is 3.01. The number of piperidine rings is 1. The van der Waals surface area contributed by atoms with Crippen molar-refractivity contribution in [2.45, 2.75) is 25.7 Å². The summed E-state index contributed by atoms with van der Waals surface area (Å²) in [5.74, 6) is 2.38. The van der Waals surface area contributed by atoms with Gasteiger partial charge in [0.2, 0.25) is 0 Å². The molecule has 2 fully saturated rings. The Morgan fingerprint density at radius 1 is 1.10 bits per heavy atom. The van der Waals surface area contributed by atoms with E-state index in [2.05, 4.69) is 19.8 Å². The largest absolute Gasteiger partial charge is 0.478 e. The zero-order chi connectivity index (χ0) is 13.8. The summed E-state index contributed by atoms with van der Waals surface area (Å²) in [6.07, 6.45) is 8.69. The molecule has 2 aliphatic heterocycles. The van der Waals surface area contributed by atoms with Crippen LogP contribution in [0.2, 0.25) is 0 Å². The van der Waals surface area contributed by atoms with E-state index in [1.807, 2.05) is 0 Å². The highest BCUT2D eigenvalue weighted by Gasteiger charge is 2.25. The number of methoxy groups -OCH3 is 1. The number of anilines is 1. The summed E-state index contributed by atoms with van der Waals surface area (Å²) in [5, 5.41) is 0. The highest BCUT2D eigenvalue weighted by molar-refractivity contribution is 5.47. The topological polar surface area (TPSA) is 41.5 Å². The van der Waals surface area contributed by atoms with Crippen molar-refractivity contribution in [2.24, 2.45) is 5.92 Å². The molecule has 0 bridgehead atoms. The third-order valence-corrected chi connectivity index (χ3v) is 4.47. The molecule has 1 aromatic rings. The van der Waals surface area contributed by atoms with Crippen LogP contribution < -0.4 is 9.64 Å². The van der Waals surface area contributed by atoms with Gasteiger partial charge in [0.25, 0.3) is 5.88 Å². The van der Waals surface area contributed by atoms with E-state index in [4.69, 9.17) is 4.74 Å². The Kier molecular flexibility index (Phi) is 4.35. The Morgan fingerprint density at radius 2 is 1.80 bits per heavy atom. The minimum Gasteiger partial charge on any atom is -0.478 e. The molecule has 0 amide bonds. The number of rotatable bonds is 4. The fourth-order valence-electron chi connectivity index (χ4n) is 3.34. The summed E-state index contributed by atoms with van der Waals surface area (Å²) < 4.78 is 5.31. The summed E-state index contributed by atoms with van der Waals surface area (Å²) in [6, 6.07) is 0. The van der Waals surface area contributed by atoms with E-state index in [1.54, 1.807) is 19.5 Å². The molecular formula is C15H24N4O. The third kappa shape index (κ3) is 3.03. The molecule has 0 spiro atoms. The summed E-state index contributed by atoms with van der Waals surface area (Å²) in [4.78, 5) is 13.6. The minimum absolute atomic E-state index is 0.644. The molecule has 2 aliphatic rings. The van der Waals surface area contributed by atoms with E-state index in [0.29, 0.717) is 5.88 Å². The van der Waals surface area contributed by atoms with Crippen LogP contribution in [0.1, 0.15) is 25.7 Å². The molecule has 20 heavy (non-hydrogen) atoms. The van der Waals surface area contributed by atoms with Gasteiger partial charge in [0.15, 0.2) is 5.82 Å². The molecule has 0 aliphatic carbocycles. The average molecular weight is 276 g/mol. The zero-order valence-corrected chi connectivity index (χ0v) is 12.3. The SMILES string of the molecule is COc1nccnc1N1CCC(CN2CCCC2)CC1. The van der Waals surface area contributed by atoms with E-state index in [1.165, 1.54) is 45.3 Å². The van der Waals surface area contributed by atoms with Gasteiger partial charge < -0.3 is 14.5 Å². The molecule has 0 atom stereocenters. The van der Waals surface area contributed by atoms with E-state index >= 15 is 0 Å². The van der Waals surface area contributed by atoms with Crippen LogP contribution in [-0.2, 0) is 0 Å². The lowest BCUT2D eigenvalue weighted by Crippen LogP contribution is -2.38. The number of hydrogen-bond donors (Lipinski definition) is 0. The molecule has 3 rings (SSSR count). The summed E-state index contributed by atoms with van der Waals surface area (Å²) in [5.41, 5.74) is 0. The van der Waals surface area contributed by atoms with Gasteiger partial charge in [0, 0.05) is 32.0 Å². The van der Waals surface area contributed by atoms with Crippen LogP contribution in [0.15, 0.2) is 12.4 Å². The van der Waals surface area contributed by atoms with Crippen molar-refractivity contribution in [3.05, 3.63) is 12.4 Å². The normalized spacial score (nSPS) is 21.4. The van der Waals surface area contributed by atoms with Gasteiger partial charge in [-0.2, -0.15) is 0 Å². The van der Waals surface area contributed by atoms with Crippen molar-refractivity contribution in [1.82, 2.24) is 14.9 Å². The van der Waals surface area contributed by atoms with Gasteiger partial charge in [-0.1, -0.05) is 0 Å². The minimum atomic E-state index is 0.644. The smallest absolute Gasteiger partial charge is 0.257 e. The first kappa shape index (κ1) is 13.6. The summed E-state index contributed by atoms with van der Waals surface area (Å²) in [6.45, 7) is 6.02. The summed E-state index contributed by atoms with van der Waals surface area (Å²) >= 11 is 0. The first-order chi connectivity index (χ1) is 9.86. The van der Waals surface area contributed by atoms with Crippen molar-refractivity contribution < 1.29 is 4.74 Å². The van der Waals surface area contributed by atoms with Crippen molar-refractivity contribution in [1.29, 1.82) is 0 Å². The van der Waals surface area contributed by atoms with Crippen LogP contribution in [0.4, 0.5) is 5.82 Å². The van der Waals surface area contributed by atoms with Crippen molar-refractivity contribution in [3.63, 3.8) is 0 Å². The number of aromatic nitrogens is 2. The zero-order valence-electron chi connectivity index (χ0n) is 12.3. The van der Waals surface area contributed by atoms with Crippen LogP contribution >= 0.6 is 0 Å². The first-order valence-corrected chi connectivity index (χ1v) is 7.69. The van der Waals surface area contributed by atoms with Crippen LogP contribution in [-0.4, -0.2) is 54.7 Å². The quantitative estimate of drug-likeness (QED) is 0.839. The maximum absolute atomic E-state index is 5.31. The van der Waals surface area contributed by atoms with Gasteiger partial charge in [-0.05, 0) is 44.7 Å². The molecule has 3 heterocycles. The molecule has 0 N–H and O–H groups in total. The predicted octanol–water partition coefficient (Wildman–Crippen LogP) is 1.80. The lowest BCUT2D eigenvalue weighted by molar-refractivity contribution is 0.248. The molecule has 0 saturated carbocycles. The number of nitrogens with zero attached hydrogens (tertiary/aromatic N) is 4. The second-order valence-corrected chi connectivity index (χ2v) is 5.83. The van der Waals surface area contributed by atoms with E-state index in [-0.39, 0.29) is 0 Å². The van der Waals surface area contributed by atoms with Crippen molar-refractivity contribution in [3.8, 4) is 5.88 Å². The van der Waals surface area contributed by atoms with E-state index < -0.39 is 0 Å². The molecule has 0 radical (unpaired) electrons. The predicted molar refractivity (Wildman–Crippen MR) is 79.2 cm³/mol. The monoisotopic (exact) mass is 276 g/mol. The molecule has 5 nitrogen and oxygen atoms in total. The lowest BCUT2D eigenvalue weighted by Gasteiger charge is -2.34. The van der Waals surface area contributed by atoms with E-state index in [0.717, 1.165) is 24.8 Å².